The van der Waals surface area contributed by atoms with Gasteiger partial charge in [0.2, 0.25) is 0 Å². The van der Waals surface area contributed by atoms with E-state index in [0.717, 1.165) is 31.2 Å². The van der Waals surface area contributed by atoms with Crippen molar-refractivity contribution in [3.05, 3.63) is 47.5 Å². The summed E-state index contributed by atoms with van der Waals surface area (Å²) in [7, 11) is 1.63. The van der Waals surface area contributed by atoms with Gasteiger partial charge in [-0.25, -0.2) is 0 Å². The third-order valence-electron chi connectivity index (χ3n) is 3.73. The van der Waals surface area contributed by atoms with Crippen molar-refractivity contribution in [2.75, 3.05) is 7.05 Å². The maximum atomic E-state index is 11.5. The Balaban J connectivity index is 2.15. The summed E-state index contributed by atoms with van der Waals surface area (Å²) in [6, 6.07) is 7.58. The van der Waals surface area contributed by atoms with Gasteiger partial charge in [-0.2, -0.15) is 0 Å². The first-order valence-electron chi connectivity index (χ1n) is 6.87. The Morgan fingerprint density at radius 1 is 1.16 bits per heavy atom. The molecule has 0 radical (unpaired) electrons. The van der Waals surface area contributed by atoms with Gasteiger partial charge in [0.15, 0.2) is 0 Å². The molecule has 102 valence electrons. The molecule has 0 bridgehead atoms. The molecule has 0 aromatic heterocycles. The lowest BCUT2D eigenvalue weighted by molar-refractivity contribution is 0.0963. The summed E-state index contributed by atoms with van der Waals surface area (Å²) in [5, 5.41) is 12.8. The molecule has 0 aliphatic heterocycles. The maximum Gasteiger partial charge on any atom is 0.251 e. The maximum absolute atomic E-state index is 11.5. The molecule has 0 saturated carbocycles. The number of carbonyl (C=O) groups is 1. The SMILES string of the molecule is CNC(=O)c1ccc([C@H]2CC/C=C\CC[C@H]2O)cc1. The van der Waals surface area contributed by atoms with Crippen LogP contribution in [0.5, 0.6) is 0 Å². The van der Waals surface area contributed by atoms with E-state index >= 15 is 0 Å². The molecule has 1 aromatic rings. The van der Waals surface area contributed by atoms with E-state index in [-0.39, 0.29) is 17.9 Å². The fourth-order valence-electron chi connectivity index (χ4n) is 2.59. The summed E-state index contributed by atoms with van der Waals surface area (Å²) in [5.41, 5.74) is 1.78. The average Bonchev–Trinajstić information content (AvgIpc) is 2.43. The quantitative estimate of drug-likeness (QED) is 0.802. The highest BCUT2D eigenvalue weighted by molar-refractivity contribution is 5.93. The first-order valence-corrected chi connectivity index (χ1v) is 6.87. The zero-order chi connectivity index (χ0) is 13.7. The van der Waals surface area contributed by atoms with Crippen LogP contribution < -0.4 is 5.32 Å². The van der Waals surface area contributed by atoms with E-state index in [1.165, 1.54) is 0 Å². The van der Waals surface area contributed by atoms with E-state index in [1.54, 1.807) is 7.05 Å². The number of nitrogens with one attached hydrogen (secondary N) is 1. The van der Waals surface area contributed by atoms with E-state index in [4.69, 9.17) is 0 Å². The van der Waals surface area contributed by atoms with Crippen LogP contribution in [-0.2, 0) is 0 Å². The van der Waals surface area contributed by atoms with Gasteiger partial charge in [0, 0.05) is 18.5 Å². The van der Waals surface area contributed by atoms with Gasteiger partial charge in [-0.3, -0.25) is 4.79 Å². The van der Waals surface area contributed by atoms with Crippen LogP contribution in [0.4, 0.5) is 0 Å². The van der Waals surface area contributed by atoms with Crippen molar-refractivity contribution in [3.63, 3.8) is 0 Å². The third-order valence-corrected chi connectivity index (χ3v) is 3.73. The van der Waals surface area contributed by atoms with E-state index in [0.29, 0.717) is 5.56 Å². The lowest BCUT2D eigenvalue weighted by Crippen LogP contribution is -2.20. The fourth-order valence-corrected chi connectivity index (χ4v) is 2.59. The second-order valence-electron chi connectivity index (χ2n) is 5.00. The normalized spacial score (nSPS) is 25.2. The highest BCUT2D eigenvalue weighted by Gasteiger charge is 2.21. The molecule has 0 saturated heterocycles. The van der Waals surface area contributed by atoms with E-state index < -0.39 is 0 Å². The Morgan fingerprint density at radius 2 is 1.79 bits per heavy atom. The number of carbonyl (C=O) groups excluding carboxylic acids is 1. The first-order chi connectivity index (χ1) is 9.22. The number of hydrogen-bond acceptors (Lipinski definition) is 2. The molecular formula is C16H21NO2. The van der Waals surface area contributed by atoms with Crippen molar-refractivity contribution in [1.29, 1.82) is 0 Å². The Hall–Kier alpha value is -1.61. The van der Waals surface area contributed by atoms with Gasteiger partial charge in [0.1, 0.15) is 0 Å². The van der Waals surface area contributed by atoms with Crippen LogP contribution in [0.1, 0.15) is 47.5 Å². The lowest BCUT2D eigenvalue weighted by atomic mass is 9.85. The second-order valence-corrected chi connectivity index (χ2v) is 5.00. The molecule has 3 heteroatoms. The summed E-state index contributed by atoms with van der Waals surface area (Å²) in [6.45, 7) is 0. The highest BCUT2D eigenvalue weighted by Crippen LogP contribution is 2.29. The van der Waals surface area contributed by atoms with E-state index in [1.807, 2.05) is 24.3 Å². The number of aliphatic hydroxyl groups excluding tert-OH is 1. The molecule has 0 heterocycles. The van der Waals surface area contributed by atoms with Gasteiger partial charge >= 0.3 is 0 Å². The largest absolute Gasteiger partial charge is 0.392 e. The molecule has 2 N–H and O–H groups in total. The zero-order valence-electron chi connectivity index (χ0n) is 11.3. The molecule has 2 rings (SSSR count). The van der Waals surface area contributed by atoms with Crippen molar-refractivity contribution >= 4 is 5.91 Å². The van der Waals surface area contributed by atoms with Gasteiger partial charge in [-0.1, -0.05) is 24.3 Å². The van der Waals surface area contributed by atoms with Gasteiger partial charge in [0.05, 0.1) is 6.10 Å². The standard InChI is InChI=1S/C16H21NO2/c1-17-16(19)13-10-8-12(9-11-13)14-6-4-2-3-5-7-15(14)18/h2-3,8-11,14-15,18H,4-7H2,1H3,(H,17,19)/b3-2-/t14-,15-/m1/s1. The molecule has 1 aliphatic rings. The minimum absolute atomic E-state index is 0.0762. The monoisotopic (exact) mass is 259 g/mol. The van der Waals surface area contributed by atoms with Crippen molar-refractivity contribution in [1.82, 2.24) is 5.32 Å². The van der Waals surface area contributed by atoms with Gasteiger partial charge in [-0.15, -0.1) is 0 Å². The summed E-state index contributed by atoms with van der Waals surface area (Å²) < 4.78 is 0. The molecular weight excluding hydrogens is 238 g/mol. The van der Waals surface area contributed by atoms with E-state index in [2.05, 4.69) is 17.5 Å². The predicted octanol–water partition coefficient (Wildman–Crippen LogP) is 2.62. The van der Waals surface area contributed by atoms with Crippen LogP contribution in [0.2, 0.25) is 0 Å². The molecule has 0 spiro atoms. The van der Waals surface area contributed by atoms with E-state index in [9.17, 15) is 9.90 Å². The van der Waals surface area contributed by atoms with Gasteiger partial charge in [0.25, 0.3) is 5.91 Å². The number of aliphatic hydroxyl groups is 1. The summed E-state index contributed by atoms with van der Waals surface area (Å²) in [4.78, 5) is 11.5. The van der Waals surface area contributed by atoms with Crippen LogP contribution in [0.25, 0.3) is 0 Å². The molecule has 3 nitrogen and oxygen atoms in total. The minimum atomic E-state index is -0.296. The van der Waals surface area contributed by atoms with Crippen LogP contribution in [0, 0.1) is 0 Å². The molecule has 1 amide bonds. The van der Waals surface area contributed by atoms with Crippen molar-refractivity contribution in [2.45, 2.75) is 37.7 Å². The first kappa shape index (κ1) is 13.8. The number of allylic oxidation sites excluding steroid dienone is 2. The number of rotatable bonds is 2. The average molecular weight is 259 g/mol. The van der Waals surface area contributed by atoms with Crippen LogP contribution in [0.15, 0.2) is 36.4 Å². The highest BCUT2D eigenvalue weighted by atomic mass is 16.3. The molecule has 0 unspecified atom stereocenters. The van der Waals surface area contributed by atoms with Crippen molar-refractivity contribution in [2.24, 2.45) is 0 Å². The van der Waals surface area contributed by atoms with Crippen LogP contribution in [0.3, 0.4) is 0 Å². The molecule has 0 fully saturated rings. The van der Waals surface area contributed by atoms with Crippen molar-refractivity contribution < 1.29 is 9.90 Å². The number of amides is 1. The molecule has 1 aliphatic carbocycles. The third kappa shape index (κ3) is 3.44. The lowest BCUT2D eigenvalue weighted by Gasteiger charge is -2.24. The summed E-state index contributed by atoms with van der Waals surface area (Å²) in [6.07, 6.45) is 7.74. The van der Waals surface area contributed by atoms with Crippen LogP contribution >= 0.6 is 0 Å². The topological polar surface area (TPSA) is 49.3 Å². The Kier molecular flexibility index (Phi) is 4.74. The number of benzene rings is 1. The van der Waals surface area contributed by atoms with Crippen LogP contribution in [-0.4, -0.2) is 24.2 Å². The molecule has 1 aromatic carbocycles. The Bertz CT molecular complexity index is 450. The predicted molar refractivity (Wildman–Crippen MR) is 76.2 cm³/mol. The second kappa shape index (κ2) is 6.53. The Morgan fingerprint density at radius 3 is 2.42 bits per heavy atom. The van der Waals surface area contributed by atoms with Gasteiger partial charge in [-0.05, 0) is 43.4 Å². The number of hydrogen-bond donors (Lipinski definition) is 2. The fraction of sp³-hybridized carbons (Fsp3) is 0.438. The molecule has 19 heavy (non-hydrogen) atoms. The molecule has 2 atom stereocenters. The summed E-state index contributed by atoms with van der Waals surface area (Å²) >= 11 is 0. The minimum Gasteiger partial charge on any atom is -0.392 e. The Labute approximate surface area is 114 Å². The smallest absolute Gasteiger partial charge is 0.251 e. The van der Waals surface area contributed by atoms with Gasteiger partial charge < -0.3 is 10.4 Å². The zero-order valence-corrected chi connectivity index (χ0v) is 11.3. The summed E-state index contributed by atoms with van der Waals surface area (Å²) in [5.74, 6) is 0.0939. The van der Waals surface area contributed by atoms with Crippen molar-refractivity contribution in [3.8, 4) is 0 Å².